The average Bonchev–Trinajstić information content (AvgIpc) is 2.91. The minimum absolute atomic E-state index is 0.00586. The van der Waals surface area contributed by atoms with Crippen molar-refractivity contribution in [2.75, 3.05) is 6.61 Å². The largest absolute Gasteiger partial charge is 0.491 e. The van der Waals surface area contributed by atoms with E-state index in [4.69, 9.17) is 9.47 Å². The van der Waals surface area contributed by atoms with E-state index in [1.807, 2.05) is 31.2 Å². The van der Waals surface area contributed by atoms with Gasteiger partial charge in [-0.2, -0.15) is 8.78 Å². The molecule has 0 radical (unpaired) electrons. The highest BCUT2D eigenvalue weighted by molar-refractivity contribution is 5.91. The van der Waals surface area contributed by atoms with Crippen molar-refractivity contribution in [1.82, 2.24) is 0 Å². The van der Waals surface area contributed by atoms with E-state index in [-0.39, 0.29) is 29.0 Å². The van der Waals surface area contributed by atoms with E-state index in [9.17, 15) is 22.4 Å². The van der Waals surface area contributed by atoms with Gasteiger partial charge in [0, 0.05) is 11.1 Å². The van der Waals surface area contributed by atoms with E-state index in [2.05, 4.69) is 0 Å². The van der Waals surface area contributed by atoms with Crippen LogP contribution in [-0.2, 0) is 0 Å². The lowest BCUT2D eigenvalue weighted by atomic mass is 9.97. The predicted octanol–water partition coefficient (Wildman–Crippen LogP) is 8.23. The Labute approximate surface area is 211 Å². The highest BCUT2D eigenvalue weighted by Gasteiger charge is 2.20. The quantitative estimate of drug-likeness (QED) is 0.144. The fraction of sp³-hybridized carbons (Fsp3) is 0.100. The third kappa shape index (κ3) is 5.40. The molecule has 3 nitrogen and oxygen atoms in total. The van der Waals surface area contributed by atoms with Gasteiger partial charge in [-0.25, -0.2) is 13.6 Å². The van der Waals surface area contributed by atoms with Gasteiger partial charge < -0.3 is 9.47 Å². The molecule has 0 aliphatic heterocycles. The molecule has 0 aliphatic carbocycles. The lowest BCUT2D eigenvalue weighted by molar-refractivity contribution is 0.0726. The molecule has 37 heavy (non-hydrogen) atoms. The number of allylic oxidation sites excluding steroid dienone is 1. The Morgan fingerprint density at radius 1 is 0.703 bits per heavy atom. The lowest BCUT2D eigenvalue weighted by Crippen LogP contribution is -2.10. The SMILES string of the molecule is C/C=C/c1ccc(-c2ccc(-c3ccc(C(=O)Oc4ccc(OCC)c(F)c4F)cc3)c(F)c2F)cc1. The number of rotatable bonds is 7. The van der Waals surface area contributed by atoms with Gasteiger partial charge in [0.05, 0.1) is 12.2 Å². The summed E-state index contributed by atoms with van der Waals surface area (Å²) in [5, 5.41) is 0. The summed E-state index contributed by atoms with van der Waals surface area (Å²) in [7, 11) is 0. The summed E-state index contributed by atoms with van der Waals surface area (Å²) in [4.78, 5) is 12.4. The molecule has 4 aromatic carbocycles. The van der Waals surface area contributed by atoms with Gasteiger partial charge in [0.2, 0.25) is 11.6 Å². The standard InChI is InChI=1S/C30H22F4O3/c1-3-5-18-6-8-19(9-7-18)22-14-15-23(27(32)26(22)31)20-10-12-21(13-11-20)30(35)37-25-17-16-24(36-4-2)28(33)29(25)34/h3,5-17H,4H2,1-2H3/b5-3+. The smallest absolute Gasteiger partial charge is 0.343 e. The van der Waals surface area contributed by atoms with Crippen molar-refractivity contribution < 1.29 is 31.8 Å². The van der Waals surface area contributed by atoms with Crippen molar-refractivity contribution in [3.63, 3.8) is 0 Å². The molecule has 0 saturated heterocycles. The van der Waals surface area contributed by atoms with Gasteiger partial charge in [0.25, 0.3) is 0 Å². The second-order valence-electron chi connectivity index (χ2n) is 8.00. The molecular formula is C30H22F4O3. The molecule has 0 heterocycles. The van der Waals surface area contributed by atoms with Crippen LogP contribution in [0.4, 0.5) is 17.6 Å². The van der Waals surface area contributed by atoms with Crippen molar-refractivity contribution in [2.45, 2.75) is 13.8 Å². The van der Waals surface area contributed by atoms with Gasteiger partial charge in [-0.15, -0.1) is 0 Å². The molecule has 0 unspecified atom stereocenters. The highest BCUT2D eigenvalue weighted by Crippen LogP contribution is 2.32. The maximum absolute atomic E-state index is 15.0. The second kappa shape index (κ2) is 11.1. The highest BCUT2D eigenvalue weighted by atomic mass is 19.2. The number of carbonyl (C=O) groups is 1. The Kier molecular flexibility index (Phi) is 7.72. The summed E-state index contributed by atoms with van der Waals surface area (Å²) in [5.74, 6) is -6.49. The molecule has 188 valence electrons. The van der Waals surface area contributed by atoms with Crippen LogP contribution in [-0.4, -0.2) is 12.6 Å². The minimum Gasteiger partial charge on any atom is -0.491 e. The zero-order valence-corrected chi connectivity index (χ0v) is 20.0. The van der Waals surface area contributed by atoms with Crippen LogP contribution in [0.25, 0.3) is 28.3 Å². The van der Waals surface area contributed by atoms with Crippen LogP contribution in [0, 0.1) is 23.3 Å². The zero-order valence-electron chi connectivity index (χ0n) is 20.0. The molecular weight excluding hydrogens is 484 g/mol. The number of ether oxygens (including phenoxy) is 2. The van der Waals surface area contributed by atoms with E-state index >= 15 is 0 Å². The number of halogens is 4. The van der Waals surface area contributed by atoms with Crippen LogP contribution in [0.5, 0.6) is 11.5 Å². The molecule has 4 rings (SSSR count). The molecule has 0 saturated carbocycles. The van der Waals surface area contributed by atoms with Gasteiger partial charge in [0.15, 0.2) is 23.1 Å². The Bertz CT molecular complexity index is 1460. The van der Waals surface area contributed by atoms with E-state index in [1.165, 1.54) is 36.4 Å². The topological polar surface area (TPSA) is 35.5 Å². The van der Waals surface area contributed by atoms with Crippen LogP contribution >= 0.6 is 0 Å². The molecule has 0 aliphatic rings. The van der Waals surface area contributed by atoms with Crippen LogP contribution < -0.4 is 9.47 Å². The molecule has 0 bridgehead atoms. The first-order valence-electron chi connectivity index (χ1n) is 11.5. The third-order valence-electron chi connectivity index (χ3n) is 5.61. The number of carbonyl (C=O) groups excluding carboxylic acids is 1. The third-order valence-corrected chi connectivity index (χ3v) is 5.61. The van der Waals surface area contributed by atoms with E-state index in [0.29, 0.717) is 11.1 Å². The van der Waals surface area contributed by atoms with Crippen molar-refractivity contribution >= 4 is 12.0 Å². The summed E-state index contributed by atoms with van der Waals surface area (Å²) in [5.41, 5.74) is 1.94. The number of hydrogen-bond acceptors (Lipinski definition) is 3. The molecule has 0 aromatic heterocycles. The van der Waals surface area contributed by atoms with Gasteiger partial charge in [-0.3, -0.25) is 0 Å². The molecule has 0 spiro atoms. The number of esters is 1. The molecule has 0 amide bonds. The molecule has 4 aromatic rings. The second-order valence-corrected chi connectivity index (χ2v) is 8.00. The predicted molar refractivity (Wildman–Crippen MR) is 134 cm³/mol. The first kappa shape index (κ1) is 25.7. The van der Waals surface area contributed by atoms with E-state index in [1.54, 1.807) is 19.1 Å². The molecule has 7 heteroatoms. The van der Waals surface area contributed by atoms with Crippen LogP contribution in [0.1, 0.15) is 29.8 Å². The Balaban J connectivity index is 1.54. The van der Waals surface area contributed by atoms with Crippen LogP contribution in [0.15, 0.2) is 78.9 Å². The summed E-state index contributed by atoms with van der Waals surface area (Å²) in [6.07, 6.45) is 3.78. The van der Waals surface area contributed by atoms with Crippen molar-refractivity contribution in [1.29, 1.82) is 0 Å². The molecule has 0 N–H and O–H groups in total. The van der Waals surface area contributed by atoms with Crippen molar-refractivity contribution in [3.05, 3.63) is 113 Å². The summed E-state index contributed by atoms with van der Waals surface area (Å²) in [6, 6.07) is 17.7. The van der Waals surface area contributed by atoms with Gasteiger partial charge >= 0.3 is 5.97 Å². The molecule has 0 fully saturated rings. The summed E-state index contributed by atoms with van der Waals surface area (Å²) < 4.78 is 68.1. The Morgan fingerprint density at radius 2 is 1.22 bits per heavy atom. The summed E-state index contributed by atoms with van der Waals surface area (Å²) in [6.45, 7) is 3.65. The van der Waals surface area contributed by atoms with E-state index in [0.717, 1.165) is 17.7 Å². The maximum atomic E-state index is 15.0. The summed E-state index contributed by atoms with van der Waals surface area (Å²) >= 11 is 0. The van der Waals surface area contributed by atoms with Gasteiger partial charge in [-0.1, -0.05) is 60.7 Å². The average molecular weight is 506 g/mol. The van der Waals surface area contributed by atoms with E-state index < -0.39 is 35.0 Å². The number of hydrogen-bond donors (Lipinski definition) is 0. The van der Waals surface area contributed by atoms with Gasteiger partial charge in [-0.05, 0) is 54.8 Å². The fourth-order valence-corrected chi connectivity index (χ4v) is 3.77. The Morgan fingerprint density at radius 3 is 1.76 bits per heavy atom. The lowest BCUT2D eigenvalue weighted by Gasteiger charge is -2.11. The van der Waals surface area contributed by atoms with Crippen LogP contribution in [0.3, 0.4) is 0 Å². The monoisotopic (exact) mass is 506 g/mol. The first-order valence-corrected chi connectivity index (χ1v) is 11.5. The first-order chi connectivity index (χ1) is 17.8. The van der Waals surface area contributed by atoms with Gasteiger partial charge in [0.1, 0.15) is 0 Å². The molecule has 0 atom stereocenters. The minimum atomic E-state index is -1.36. The normalized spacial score (nSPS) is 11.1. The van der Waals surface area contributed by atoms with Crippen molar-refractivity contribution in [2.24, 2.45) is 0 Å². The van der Waals surface area contributed by atoms with Crippen molar-refractivity contribution in [3.8, 4) is 33.8 Å². The fourth-order valence-electron chi connectivity index (χ4n) is 3.77. The number of benzene rings is 4. The Hall–Kier alpha value is -4.39. The maximum Gasteiger partial charge on any atom is 0.343 e. The zero-order chi connectivity index (χ0) is 26.5. The van der Waals surface area contributed by atoms with Crippen LogP contribution in [0.2, 0.25) is 0 Å².